The smallest absolute Gasteiger partial charge is 0.410 e. The molecule has 2 aromatic carbocycles. The van der Waals surface area contributed by atoms with Gasteiger partial charge in [0.1, 0.15) is 26.4 Å². The molecular formula is C33H41N3O8. The summed E-state index contributed by atoms with van der Waals surface area (Å²) in [5, 5.41) is 12.0. The van der Waals surface area contributed by atoms with Crippen LogP contribution in [0.5, 0.6) is 0 Å². The molecule has 1 aliphatic carbocycles. The van der Waals surface area contributed by atoms with Gasteiger partial charge in [-0.25, -0.2) is 14.4 Å². The number of nitrogens with zero attached hydrogens (tertiary/aromatic N) is 2. The first-order valence-corrected chi connectivity index (χ1v) is 14.8. The van der Waals surface area contributed by atoms with E-state index in [1.807, 2.05) is 78.9 Å². The van der Waals surface area contributed by atoms with Crippen molar-refractivity contribution in [3.05, 3.63) is 95.6 Å². The number of carboxylic acid groups (broad SMARTS) is 1. The van der Waals surface area contributed by atoms with E-state index in [0.717, 1.165) is 34.4 Å². The van der Waals surface area contributed by atoms with Gasteiger partial charge >= 0.3 is 24.2 Å². The molecule has 0 fully saturated rings. The van der Waals surface area contributed by atoms with Crippen molar-refractivity contribution in [2.24, 2.45) is 0 Å². The summed E-state index contributed by atoms with van der Waals surface area (Å²) in [5.41, 5.74) is 2.61. The van der Waals surface area contributed by atoms with E-state index in [9.17, 15) is 24.3 Å². The lowest BCUT2D eigenvalue weighted by Crippen LogP contribution is -2.38. The number of ether oxygens (including phenoxy) is 3. The predicted octanol–water partition coefficient (Wildman–Crippen LogP) is 5.52. The topological polar surface area (TPSA) is 135 Å². The summed E-state index contributed by atoms with van der Waals surface area (Å²) in [6.45, 7) is 0.947. The molecule has 0 spiro atoms. The molecule has 2 aromatic rings. The fourth-order valence-electron chi connectivity index (χ4n) is 4.35. The number of rotatable bonds is 17. The average Bonchev–Trinajstić information content (AvgIpc) is 3.05. The number of carboxylic acids is 1. The van der Waals surface area contributed by atoms with Gasteiger partial charge in [0.25, 0.3) is 0 Å². The molecule has 0 aliphatic heterocycles. The molecule has 0 aromatic heterocycles. The molecule has 0 radical (unpaired) electrons. The van der Waals surface area contributed by atoms with Crippen molar-refractivity contribution in [3.63, 3.8) is 0 Å². The third kappa shape index (κ3) is 13.5. The Morgan fingerprint density at radius 1 is 0.705 bits per heavy atom. The van der Waals surface area contributed by atoms with Gasteiger partial charge in [0.15, 0.2) is 0 Å². The molecule has 44 heavy (non-hydrogen) atoms. The molecule has 0 bridgehead atoms. The Labute approximate surface area is 258 Å². The summed E-state index contributed by atoms with van der Waals surface area (Å²) in [6, 6.07) is 18.4. The Hall–Kier alpha value is -4.80. The van der Waals surface area contributed by atoms with E-state index in [2.05, 4.69) is 5.32 Å². The van der Waals surface area contributed by atoms with Crippen molar-refractivity contribution < 1.29 is 38.5 Å². The van der Waals surface area contributed by atoms with Crippen LogP contribution >= 0.6 is 0 Å². The summed E-state index contributed by atoms with van der Waals surface area (Å²) in [5.74, 6) is -1.15. The molecule has 0 saturated carbocycles. The Balaban J connectivity index is 1.45. The van der Waals surface area contributed by atoms with Crippen LogP contribution in [0, 0.1) is 0 Å². The van der Waals surface area contributed by atoms with E-state index >= 15 is 0 Å². The lowest BCUT2D eigenvalue weighted by Gasteiger charge is -2.24. The number of aliphatic carboxylic acids is 1. The van der Waals surface area contributed by atoms with E-state index < -0.39 is 30.8 Å². The second-order valence-electron chi connectivity index (χ2n) is 10.2. The lowest BCUT2D eigenvalue weighted by molar-refractivity contribution is -0.138. The van der Waals surface area contributed by atoms with Crippen molar-refractivity contribution in [2.45, 2.75) is 45.3 Å². The fourth-order valence-corrected chi connectivity index (χ4v) is 4.35. The summed E-state index contributed by atoms with van der Waals surface area (Å²) in [6.07, 6.45) is 7.60. The third-order valence-electron chi connectivity index (χ3n) is 6.67. The van der Waals surface area contributed by atoms with Gasteiger partial charge in [-0.15, -0.1) is 0 Å². The van der Waals surface area contributed by atoms with Crippen LogP contribution in [0.4, 0.5) is 14.4 Å². The van der Waals surface area contributed by atoms with Gasteiger partial charge < -0.3 is 29.5 Å². The monoisotopic (exact) mass is 607 g/mol. The quantitative estimate of drug-likeness (QED) is 0.177. The first-order valence-electron chi connectivity index (χ1n) is 14.8. The van der Waals surface area contributed by atoms with Crippen molar-refractivity contribution in [2.75, 3.05) is 39.3 Å². The van der Waals surface area contributed by atoms with Crippen molar-refractivity contribution >= 4 is 24.2 Å². The zero-order valence-corrected chi connectivity index (χ0v) is 24.9. The zero-order chi connectivity index (χ0) is 31.4. The number of carbonyl (C=O) groups excluding carboxylic acids is 3. The van der Waals surface area contributed by atoms with Crippen LogP contribution in [-0.2, 0) is 32.2 Å². The van der Waals surface area contributed by atoms with Crippen LogP contribution in [-0.4, -0.2) is 78.5 Å². The SMILES string of the molecule is O=C(O)CN(CCCCN(CCCNC(=O)OCC1=CCCC=C1)C(=O)OCc1ccccc1)C(=O)OCc1ccccc1. The maximum Gasteiger partial charge on any atom is 0.410 e. The molecule has 11 heteroatoms. The molecular weight excluding hydrogens is 566 g/mol. The molecule has 0 unspecified atom stereocenters. The van der Waals surface area contributed by atoms with Gasteiger partial charge in [0.2, 0.25) is 0 Å². The van der Waals surface area contributed by atoms with Crippen LogP contribution in [0.25, 0.3) is 0 Å². The van der Waals surface area contributed by atoms with Crippen LogP contribution < -0.4 is 5.32 Å². The number of carbonyl (C=O) groups is 4. The fraction of sp³-hybridized carbons (Fsp3) is 0.394. The lowest BCUT2D eigenvalue weighted by atomic mass is 10.1. The number of hydrogen-bond acceptors (Lipinski definition) is 7. The van der Waals surface area contributed by atoms with E-state index in [1.165, 1.54) is 0 Å². The number of alkyl carbamates (subject to hydrolysis) is 1. The second-order valence-corrected chi connectivity index (χ2v) is 10.2. The molecule has 11 nitrogen and oxygen atoms in total. The van der Waals surface area contributed by atoms with Crippen LogP contribution in [0.3, 0.4) is 0 Å². The highest BCUT2D eigenvalue weighted by Gasteiger charge is 2.20. The number of allylic oxidation sites excluding steroid dienone is 2. The molecule has 0 saturated heterocycles. The number of benzene rings is 2. The molecule has 0 atom stereocenters. The number of unbranched alkanes of at least 4 members (excludes halogenated alkanes) is 1. The highest BCUT2D eigenvalue weighted by molar-refractivity contribution is 5.76. The number of nitrogens with one attached hydrogen (secondary N) is 1. The largest absolute Gasteiger partial charge is 0.480 e. The van der Waals surface area contributed by atoms with Gasteiger partial charge in [-0.3, -0.25) is 9.69 Å². The normalized spacial score (nSPS) is 12.0. The van der Waals surface area contributed by atoms with Gasteiger partial charge in [0, 0.05) is 26.2 Å². The Morgan fingerprint density at radius 2 is 1.27 bits per heavy atom. The van der Waals surface area contributed by atoms with E-state index in [0.29, 0.717) is 38.9 Å². The van der Waals surface area contributed by atoms with Gasteiger partial charge in [-0.1, -0.05) is 78.9 Å². The predicted molar refractivity (Wildman–Crippen MR) is 164 cm³/mol. The minimum absolute atomic E-state index is 0.0350. The minimum Gasteiger partial charge on any atom is -0.480 e. The Bertz CT molecular complexity index is 1250. The summed E-state index contributed by atoms with van der Waals surface area (Å²) in [7, 11) is 0. The molecule has 3 amide bonds. The Kier molecular flexibility index (Phi) is 14.9. The zero-order valence-electron chi connectivity index (χ0n) is 24.9. The standard InChI is InChI=1S/C33H41N3O8/c37-30(38)23-36(33(41)44-26-29-17-8-3-9-18-29)21-11-10-20-35(32(40)43-25-28-15-6-2-7-16-28)22-12-19-34-31(39)42-24-27-13-4-1-5-14-27/h2-4,6-9,13-18H,1,5,10-12,19-26H2,(H,34,39)(H,37,38). The van der Waals surface area contributed by atoms with E-state index in [1.54, 1.807) is 4.90 Å². The molecule has 2 N–H and O–H groups in total. The van der Waals surface area contributed by atoms with Gasteiger partial charge in [-0.2, -0.15) is 0 Å². The average molecular weight is 608 g/mol. The molecule has 0 heterocycles. The second kappa shape index (κ2) is 19.4. The maximum atomic E-state index is 12.9. The van der Waals surface area contributed by atoms with Crippen LogP contribution in [0.2, 0.25) is 0 Å². The highest BCUT2D eigenvalue weighted by atomic mass is 16.6. The first kappa shape index (κ1) is 33.7. The van der Waals surface area contributed by atoms with Crippen LogP contribution in [0.15, 0.2) is 84.5 Å². The van der Waals surface area contributed by atoms with Gasteiger partial charge in [0.05, 0.1) is 0 Å². The summed E-state index contributed by atoms with van der Waals surface area (Å²) in [4.78, 5) is 51.6. The van der Waals surface area contributed by atoms with Gasteiger partial charge in [-0.05, 0) is 48.8 Å². The first-order chi connectivity index (χ1) is 21.4. The van der Waals surface area contributed by atoms with Crippen molar-refractivity contribution in [1.82, 2.24) is 15.1 Å². The molecule has 3 rings (SSSR count). The minimum atomic E-state index is -1.15. The molecule has 236 valence electrons. The molecule has 1 aliphatic rings. The third-order valence-corrected chi connectivity index (χ3v) is 6.67. The number of amides is 3. The summed E-state index contributed by atoms with van der Waals surface area (Å²) < 4.78 is 16.1. The maximum absolute atomic E-state index is 12.9. The Morgan fingerprint density at radius 3 is 1.84 bits per heavy atom. The van der Waals surface area contributed by atoms with Crippen LogP contribution in [0.1, 0.15) is 43.2 Å². The van der Waals surface area contributed by atoms with E-state index in [-0.39, 0.29) is 26.4 Å². The van der Waals surface area contributed by atoms with Crippen molar-refractivity contribution in [3.8, 4) is 0 Å². The highest BCUT2D eigenvalue weighted by Crippen LogP contribution is 2.10. The van der Waals surface area contributed by atoms with Crippen molar-refractivity contribution in [1.29, 1.82) is 0 Å². The van der Waals surface area contributed by atoms with E-state index in [4.69, 9.17) is 14.2 Å². The summed E-state index contributed by atoms with van der Waals surface area (Å²) >= 11 is 0. The number of hydrogen-bond donors (Lipinski definition) is 2.